The van der Waals surface area contributed by atoms with E-state index in [-0.39, 0.29) is 0 Å². The molecule has 0 atom stereocenters. The number of hydrogen-bond acceptors (Lipinski definition) is 8. The van der Waals surface area contributed by atoms with E-state index in [0.29, 0.717) is 0 Å². The predicted octanol–water partition coefficient (Wildman–Crippen LogP) is 7.89. The minimum atomic E-state index is 0.812. The summed E-state index contributed by atoms with van der Waals surface area (Å²) in [7, 11) is 0. The van der Waals surface area contributed by atoms with Gasteiger partial charge in [-0.25, -0.2) is 0 Å². The first-order valence-corrected chi connectivity index (χ1v) is 14.2. The van der Waals surface area contributed by atoms with E-state index in [2.05, 4.69) is 53.0 Å². The minimum Gasteiger partial charge on any atom is -0.142 e. The van der Waals surface area contributed by atoms with Crippen LogP contribution in [-0.2, 0) is 0 Å². The lowest BCUT2D eigenvalue weighted by Crippen LogP contribution is -1.95. The van der Waals surface area contributed by atoms with Crippen molar-refractivity contribution in [2.24, 2.45) is 0 Å². The van der Waals surface area contributed by atoms with Gasteiger partial charge in [-0.2, -0.15) is 0 Å². The van der Waals surface area contributed by atoms with Gasteiger partial charge in [0.1, 0.15) is 0 Å². The molecule has 0 heterocycles. The highest BCUT2D eigenvalue weighted by Gasteiger charge is 2.35. The van der Waals surface area contributed by atoms with Gasteiger partial charge < -0.3 is 0 Å². The van der Waals surface area contributed by atoms with Crippen LogP contribution in [0.4, 0.5) is 0 Å². The molecule has 0 amide bonds. The van der Waals surface area contributed by atoms with Gasteiger partial charge in [-0.3, -0.25) is 0 Å². The molecule has 2 rings (SSSR count). The van der Waals surface area contributed by atoms with Gasteiger partial charge in [0, 0.05) is 50.4 Å². The number of thioether (sulfide) groups is 4. The van der Waals surface area contributed by atoms with Crippen molar-refractivity contribution in [1.29, 1.82) is 0 Å². The van der Waals surface area contributed by atoms with Gasteiger partial charge in [-0.15, -0.1) is 97.6 Å². The van der Waals surface area contributed by atoms with Crippen molar-refractivity contribution in [1.82, 2.24) is 0 Å². The lowest BCUT2D eigenvalue weighted by atomic mass is 10.1. The molecule has 26 heavy (non-hydrogen) atoms. The van der Waals surface area contributed by atoms with Crippen LogP contribution >= 0.6 is 97.6 Å². The van der Waals surface area contributed by atoms with Crippen molar-refractivity contribution in [2.45, 2.75) is 27.7 Å². The Morgan fingerprint density at radius 2 is 0.769 bits per heavy atom. The molecule has 0 aromatic rings. The minimum absolute atomic E-state index is 0.812. The van der Waals surface area contributed by atoms with Crippen LogP contribution < -0.4 is 0 Å². The number of hydrogen-bond donors (Lipinski definition) is 4. The smallest absolute Gasteiger partial charge is 0.0362 e. The Balaban J connectivity index is 2.84. The van der Waals surface area contributed by atoms with Crippen molar-refractivity contribution in [3.63, 3.8) is 0 Å². The molecular formula is C18H24S8. The van der Waals surface area contributed by atoms with E-state index in [9.17, 15) is 0 Å². The van der Waals surface area contributed by atoms with Gasteiger partial charge in [0.2, 0.25) is 0 Å². The van der Waals surface area contributed by atoms with E-state index >= 15 is 0 Å². The van der Waals surface area contributed by atoms with Gasteiger partial charge in [0.25, 0.3) is 0 Å². The fourth-order valence-corrected chi connectivity index (χ4v) is 8.58. The molecule has 0 bridgehead atoms. The summed E-state index contributed by atoms with van der Waals surface area (Å²) in [6.07, 6.45) is 0. The largest absolute Gasteiger partial charge is 0.142 e. The normalized spacial score (nSPS) is 18.5. The first-order chi connectivity index (χ1) is 12.4. The Labute approximate surface area is 197 Å². The van der Waals surface area contributed by atoms with E-state index in [1.807, 2.05) is 47.0 Å². The molecule has 8 heteroatoms. The first-order valence-electron chi connectivity index (χ1n) is 8.44. The quantitative estimate of drug-likeness (QED) is 0.252. The highest BCUT2D eigenvalue weighted by Crippen LogP contribution is 2.58. The van der Waals surface area contributed by atoms with Crippen LogP contribution in [0.2, 0.25) is 0 Å². The molecule has 0 nitrogen and oxygen atoms in total. The predicted molar refractivity (Wildman–Crippen MR) is 144 cm³/mol. The van der Waals surface area contributed by atoms with Crippen LogP contribution in [0.1, 0.15) is 27.7 Å². The van der Waals surface area contributed by atoms with Gasteiger partial charge in [-0.1, -0.05) is 27.7 Å². The second kappa shape index (κ2) is 11.0. The maximum absolute atomic E-state index is 4.79. The molecule has 0 aromatic carbocycles. The maximum Gasteiger partial charge on any atom is 0.0362 e. The summed E-state index contributed by atoms with van der Waals surface area (Å²) in [6.45, 7) is 8.87. The van der Waals surface area contributed by atoms with Crippen molar-refractivity contribution in [2.75, 3.05) is 23.0 Å². The molecule has 0 spiro atoms. The third kappa shape index (κ3) is 4.63. The van der Waals surface area contributed by atoms with E-state index in [1.54, 1.807) is 0 Å². The first kappa shape index (κ1) is 23.8. The molecule has 0 radical (unpaired) electrons. The standard InChI is InChI=1S/C18H24S8/c1-5-23-15-10(9-11(19)13(21)14(22)12(9)20)16(24-6-2)18(26-8-4)17(15)25-7-3/h19-22H,5-8H2,1-4H3. The molecule has 0 fully saturated rings. The van der Waals surface area contributed by atoms with E-state index in [0.717, 1.165) is 48.2 Å². The second-order valence-corrected chi connectivity index (χ2v) is 12.1. The zero-order valence-corrected chi connectivity index (χ0v) is 22.1. The Morgan fingerprint density at radius 1 is 0.462 bits per heavy atom. The van der Waals surface area contributed by atoms with Crippen LogP contribution in [0.15, 0.2) is 50.4 Å². The van der Waals surface area contributed by atoms with Gasteiger partial charge >= 0.3 is 0 Å². The second-order valence-electron chi connectivity index (χ2n) is 5.19. The average Bonchev–Trinajstić information content (AvgIpc) is 2.98. The van der Waals surface area contributed by atoms with Crippen LogP contribution in [0.25, 0.3) is 0 Å². The van der Waals surface area contributed by atoms with Crippen molar-refractivity contribution < 1.29 is 0 Å². The Bertz CT molecular complexity index is 676. The average molecular weight is 497 g/mol. The van der Waals surface area contributed by atoms with Gasteiger partial charge in [0.15, 0.2) is 0 Å². The summed E-state index contributed by atoms with van der Waals surface area (Å²) in [5.41, 5.74) is 2.36. The molecular weight excluding hydrogens is 473 g/mol. The highest BCUT2D eigenvalue weighted by molar-refractivity contribution is 8.11. The maximum atomic E-state index is 4.79. The molecule has 0 aromatic heterocycles. The Kier molecular flexibility index (Phi) is 10.1. The van der Waals surface area contributed by atoms with E-state index in [4.69, 9.17) is 25.3 Å². The molecule has 0 unspecified atom stereocenters. The fraction of sp³-hybridized carbons (Fsp3) is 0.444. The van der Waals surface area contributed by atoms with Crippen molar-refractivity contribution in [3.8, 4) is 0 Å². The number of thiol groups is 4. The van der Waals surface area contributed by atoms with Crippen LogP contribution in [0.5, 0.6) is 0 Å². The number of rotatable bonds is 8. The lowest BCUT2D eigenvalue weighted by Gasteiger charge is -2.15. The topological polar surface area (TPSA) is 0 Å². The summed E-state index contributed by atoms with van der Waals surface area (Å²) >= 11 is 26.5. The third-order valence-corrected chi connectivity index (χ3v) is 10.3. The summed E-state index contributed by atoms with van der Waals surface area (Å²) in [6, 6.07) is 0. The van der Waals surface area contributed by atoms with E-state index < -0.39 is 0 Å². The molecule has 0 aliphatic heterocycles. The van der Waals surface area contributed by atoms with Crippen molar-refractivity contribution >= 4 is 97.6 Å². The van der Waals surface area contributed by atoms with Crippen LogP contribution in [-0.4, -0.2) is 23.0 Å². The summed E-state index contributed by atoms with van der Waals surface area (Å²) in [5.74, 6) is 4.19. The lowest BCUT2D eigenvalue weighted by molar-refractivity contribution is 1.49. The SMILES string of the molecule is CCSC1=C(SCC)C(=C2C(S)=C(S)C(S)=C2S)C(SCC)=C1SCC. The third-order valence-electron chi connectivity index (χ3n) is 3.62. The monoisotopic (exact) mass is 496 g/mol. The van der Waals surface area contributed by atoms with E-state index in [1.165, 1.54) is 25.2 Å². The van der Waals surface area contributed by atoms with Crippen LogP contribution in [0.3, 0.4) is 0 Å². The Hall–Kier alpha value is 1.50. The molecule has 144 valence electrons. The van der Waals surface area contributed by atoms with Gasteiger partial charge in [0.05, 0.1) is 0 Å². The van der Waals surface area contributed by atoms with Crippen LogP contribution in [0, 0.1) is 0 Å². The summed E-state index contributed by atoms with van der Waals surface area (Å²) in [4.78, 5) is 8.95. The number of allylic oxidation sites excluding steroid dienone is 4. The molecule has 0 saturated heterocycles. The zero-order chi connectivity index (χ0) is 19.4. The molecule has 0 saturated carbocycles. The highest BCUT2D eigenvalue weighted by atomic mass is 32.2. The van der Waals surface area contributed by atoms with Gasteiger partial charge in [-0.05, 0) is 23.0 Å². The molecule has 0 N–H and O–H groups in total. The Morgan fingerprint density at radius 3 is 1.08 bits per heavy atom. The summed E-state index contributed by atoms with van der Waals surface area (Å²) in [5, 5.41) is 0. The molecule has 2 aliphatic rings. The zero-order valence-electron chi connectivity index (χ0n) is 15.3. The molecule has 2 aliphatic carbocycles. The van der Waals surface area contributed by atoms with Crippen molar-refractivity contribution in [3.05, 3.63) is 50.4 Å². The fourth-order valence-electron chi connectivity index (χ4n) is 2.69. The summed E-state index contributed by atoms with van der Waals surface area (Å²) < 4.78 is 0.